The Kier molecular flexibility index (Phi) is 4.54. The van der Waals surface area contributed by atoms with E-state index in [0.29, 0.717) is 10.7 Å². The van der Waals surface area contributed by atoms with Crippen molar-refractivity contribution in [2.24, 2.45) is 4.36 Å². The Hall–Kier alpha value is -2.00. The summed E-state index contributed by atoms with van der Waals surface area (Å²) in [5.41, 5.74) is 0.227. The van der Waals surface area contributed by atoms with Gasteiger partial charge in [0.1, 0.15) is 5.69 Å². The van der Waals surface area contributed by atoms with Crippen LogP contribution >= 0.6 is 11.3 Å². The second-order valence-corrected chi connectivity index (χ2v) is 9.15. The SMILES string of the molecule is CC(c1ccc(C(F)(F)F)nc1)S(C)(=O)=Nc1nc2ccccc2s1. The second kappa shape index (κ2) is 6.38. The van der Waals surface area contributed by atoms with Crippen LogP contribution in [-0.4, -0.2) is 20.4 Å². The number of aromatic nitrogens is 2. The molecular formula is C16H14F3N3OS2. The quantitative estimate of drug-likeness (QED) is 0.623. The molecule has 3 rings (SSSR count). The fraction of sp³-hybridized carbons (Fsp3) is 0.250. The van der Waals surface area contributed by atoms with Crippen LogP contribution in [0.25, 0.3) is 10.2 Å². The van der Waals surface area contributed by atoms with Crippen molar-refractivity contribution in [2.75, 3.05) is 6.26 Å². The second-order valence-electron chi connectivity index (χ2n) is 5.53. The summed E-state index contributed by atoms with van der Waals surface area (Å²) < 4.78 is 56.0. The molecule has 0 aliphatic heterocycles. The molecule has 2 aromatic heterocycles. The minimum atomic E-state index is -4.50. The molecule has 132 valence electrons. The Morgan fingerprint density at radius 1 is 1.20 bits per heavy atom. The zero-order valence-electron chi connectivity index (χ0n) is 13.3. The largest absolute Gasteiger partial charge is 0.433 e. The smallest absolute Gasteiger partial charge is 0.251 e. The van der Waals surface area contributed by atoms with E-state index in [-0.39, 0.29) is 0 Å². The molecule has 0 saturated carbocycles. The topological polar surface area (TPSA) is 55.2 Å². The minimum absolute atomic E-state index is 0.389. The Morgan fingerprint density at radius 3 is 2.52 bits per heavy atom. The maximum absolute atomic E-state index is 13.0. The van der Waals surface area contributed by atoms with Crippen molar-refractivity contribution in [2.45, 2.75) is 18.3 Å². The molecule has 0 fully saturated rings. The number of thiazole rings is 1. The summed E-state index contributed by atoms with van der Waals surface area (Å²) >= 11 is 1.32. The van der Waals surface area contributed by atoms with Crippen molar-refractivity contribution in [3.63, 3.8) is 0 Å². The number of hydrogen-bond acceptors (Lipinski definition) is 5. The van der Waals surface area contributed by atoms with Crippen molar-refractivity contribution in [3.8, 4) is 0 Å². The van der Waals surface area contributed by atoms with Gasteiger partial charge in [-0.2, -0.15) is 17.5 Å². The van der Waals surface area contributed by atoms with Crippen LogP contribution in [0.3, 0.4) is 0 Å². The fourth-order valence-corrected chi connectivity index (χ4v) is 4.65. The predicted molar refractivity (Wildman–Crippen MR) is 93.4 cm³/mol. The molecule has 0 saturated heterocycles. The summed E-state index contributed by atoms with van der Waals surface area (Å²) in [6, 6.07) is 9.64. The van der Waals surface area contributed by atoms with Crippen molar-refractivity contribution < 1.29 is 17.4 Å². The molecule has 0 amide bonds. The highest BCUT2D eigenvalue weighted by molar-refractivity contribution is 7.93. The molecule has 0 radical (unpaired) electrons. The van der Waals surface area contributed by atoms with Gasteiger partial charge in [-0.25, -0.2) is 9.19 Å². The fourth-order valence-electron chi connectivity index (χ4n) is 2.20. The summed E-state index contributed by atoms with van der Waals surface area (Å²) in [7, 11) is -2.76. The first-order valence-electron chi connectivity index (χ1n) is 7.26. The Labute approximate surface area is 146 Å². The van der Waals surface area contributed by atoms with E-state index in [4.69, 9.17) is 0 Å². The number of benzene rings is 1. The third kappa shape index (κ3) is 3.82. The average molecular weight is 385 g/mol. The molecule has 4 nitrogen and oxygen atoms in total. The first-order chi connectivity index (χ1) is 11.7. The van der Waals surface area contributed by atoms with Crippen LogP contribution in [0.5, 0.6) is 0 Å². The van der Waals surface area contributed by atoms with Crippen LogP contribution in [0.1, 0.15) is 23.4 Å². The molecular weight excluding hydrogens is 371 g/mol. The molecule has 25 heavy (non-hydrogen) atoms. The van der Waals surface area contributed by atoms with Crippen molar-refractivity contribution >= 4 is 36.4 Å². The van der Waals surface area contributed by atoms with E-state index in [0.717, 1.165) is 22.5 Å². The summed E-state index contributed by atoms with van der Waals surface area (Å²) in [5, 5.41) is -0.199. The lowest BCUT2D eigenvalue weighted by molar-refractivity contribution is -0.141. The Morgan fingerprint density at radius 2 is 1.92 bits per heavy atom. The molecule has 1 aromatic carbocycles. The molecule has 0 aliphatic carbocycles. The average Bonchev–Trinajstić information content (AvgIpc) is 2.94. The lowest BCUT2D eigenvalue weighted by Gasteiger charge is -2.14. The van der Waals surface area contributed by atoms with Gasteiger partial charge in [-0.05, 0) is 30.7 Å². The molecule has 0 aliphatic rings. The Bertz CT molecular complexity index is 986. The van der Waals surface area contributed by atoms with Gasteiger partial charge in [-0.3, -0.25) is 4.98 Å². The van der Waals surface area contributed by atoms with E-state index in [1.807, 2.05) is 24.3 Å². The third-order valence-electron chi connectivity index (χ3n) is 3.74. The van der Waals surface area contributed by atoms with Crippen LogP contribution in [0, 0.1) is 0 Å². The van der Waals surface area contributed by atoms with Gasteiger partial charge < -0.3 is 0 Å². The number of fused-ring (bicyclic) bond motifs is 1. The lowest BCUT2D eigenvalue weighted by Crippen LogP contribution is -2.11. The molecule has 2 unspecified atom stereocenters. The standard InChI is InChI=1S/C16H14F3N3OS2/c1-10(11-7-8-14(20-9-11)16(17,18)19)25(2,23)22-15-21-12-5-3-4-6-13(12)24-15/h3-10H,1-2H3. The van der Waals surface area contributed by atoms with E-state index in [9.17, 15) is 17.4 Å². The van der Waals surface area contributed by atoms with Crippen LogP contribution in [0.2, 0.25) is 0 Å². The van der Waals surface area contributed by atoms with Gasteiger partial charge in [0.25, 0.3) is 0 Å². The highest BCUT2D eigenvalue weighted by Gasteiger charge is 2.32. The molecule has 2 atom stereocenters. The number of rotatable bonds is 3. The number of pyridine rings is 1. The van der Waals surface area contributed by atoms with E-state index in [1.54, 1.807) is 6.92 Å². The first-order valence-corrected chi connectivity index (χ1v) is 10.1. The van der Waals surface area contributed by atoms with Crippen molar-refractivity contribution in [1.82, 2.24) is 9.97 Å². The van der Waals surface area contributed by atoms with Gasteiger partial charge in [-0.1, -0.05) is 29.5 Å². The van der Waals surface area contributed by atoms with Gasteiger partial charge in [0, 0.05) is 12.5 Å². The highest BCUT2D eigenvalue weighted by atomic mass is 32.2. The molecule has 0 N–H and O–H groups in total. The maximum atomic E-state index is 13.0. The van der Waals surface area contributed by atoms with Crippen molar-refractivity contribution in [1.29, 1.82) is 0 Å². The first kappa shape index (κ1) is 17.8. The molecule has 2 heterocycles. The van der Waals surface area contributed by atoms with Crippen LogP contribution in [0.4, 0.5) is 18.3 Å². The number of alkyl halides is 3. The molecule has 3 aromatic rings. The zero-order chi connectivity index (χ0) is 18.2. The van der Waals surface area contributed by atoms with Crippen LogP contribution in [-0.2, 0) is 15.9 Å². The van der Waals surface area contributed by atoms with E-state index < -0.39 is 26.8 Å². The summed E-state index contributed by atoms with van der Waals surface area (Å²) in [4.78, 5) is 7.75. The van der Waals surface area contributed by atoms with Crippen LogP contribution < -0.4 is 0 Å². The Balaban J connectivity index is 1.94. The third-order valence-corrected chi connectivity index (χ3v) is 6.91. The molecule has 0 spiro atoms. The van der Waals surface area contributed by atoms with E-state index in [2.05, 4.69) is 14.3 Å². The maximum Gasteiger partial charge on any atom is 0.433 e. The van der Waals surface area contributed by atoms with E-state index >= 15 is 0 Å². The van der Waals surface area contributed by atoms with Crippen molar-refractivity contribution in [3.05, 3.63) is 53.9 Å². The number of hydrogen-bond donors (Lipinski definition) is 0. The van der Waals surface area contributed by atoms with E-state index in [1.165, 1.54) is 23.7 Å². The van der Waals surface area contributed by atoms with Gasteiger partial charge >= 0.3 is 6.18 Å². The van der Waals surface area contributed by atoms with Gasteiger partial charge in [-0.15, -0.1) is 0 Å². The lowest BCUT2D eigenvalue weighted by atomic mass is 10.2. The summed E-state index contributed by atoms with van der Waals surface area (Å²) in [6.45, 7) is 1.66. The van der Waals surface area contributed by atoms with Crippen LogP contribution in [0.15, 0.2) is 47.0 Å². The monoisotopic (exact) mass is 385 g/mol. The number of nitrogens with zero attached hydrogens (tertiary/aromatic N) is 3. The number of halogens is 3. The van der Waals surface area contributed by atoms with Gasteiger partial charge in [0.2, 0.25) is 5.13 Å². The van der Waals surface area contributed by atoms with Gasteiger partial charge in [0.15, 0.2) is 0 Å². The minimum Gasteiger partial charge on any atom is -0.251 e. The summed E-state index contributed by atoms with van der Waals surface area (Å²) in [5.74, 6) is 0. The van der Waals surface area contributed by atoms with Gasteiger partial charge in [0.05, 0.1) is 25.2 Å². The molecule has 0 bridgehead atoms. The highest BCUT2D eigenvalue weighted by Crippen LogP contribution is 2.33. The zero-order valence-corrected chi connectivity index (χ0v) is 15.0. The molecule has 9 heteroatoms. The predicted octanol–water partition coefficient (Wildman–Crippen LogP) is 5.20. The summed E-state index contributed by atoms with van der Waals surface area (Å²) in [6.07, 6.45) is -1.92. The number of para-hydroxylation sites is 1. The normalized spacial score (nSPS) is 15.7.